The fourth-order valence-electron chi connectivity index (χ4n) is 0. The van der Waals surface area contributed by atoms with Crippen LogP contribution >= 0.6 is 0 Å². The van der Waals surface area contributed by atoms with Gasteiger partial charge in [-0.2, -0.15) is 16.8 Å². The van der Waals surface area contributed by atoms with Crippen LogP contribution in [-0.2, 0) is 20.8 Å². The summed E-state index contributed by atoms with van der Waals surface area (Å²) in [7, 11) is -9.33. The van der Waals surface area contributed by atoms with Crippen LogP contribution < -0.4 is 6.15 Å². The fraction of sp³-hybridized carbons (Fsp3) is 0. The van der Waals surface area contributed by atoms with E-state index in [1.807, 2.05) is 0 Å². The third-order valence-electron chi connectivity index (χ3n) is 0. The predicted octanol–water partition coefficient (Wildman–Crippen LogP) is -1.14. The Labute approximate surface area is 103 Å². The molecule has 12 heteroatoms. The summed E-state index contributed by atoms with van der Waals surface area (Å²) in [6.45, 7) is 0. The zero-order valence-corrected chi connectivity index (χ0v) is 10.2. The van der Waals surface area contributed by atoms with Crippen molar-refractivity contribution in [2.45, 2.75) is 0 Å². The molecular weight excluding hydrogens is 346 g/mol. The van der Waals surface area contributed by atoms with E-state index in [4.69, 9.17) is 35.0 Å². The molecule has 0 atom stereocenters. The summed E-state index contributed by atoms with van der Waals surface area (Å²) in [5.74, 6) is 0. The van der Waals surface area contributed by atoms with Gasteiger partial charge in [-0.05, 0) is 0 Å². The van der Waals surface area contributed by atoms with Crippen LogP contribution in [0.2, 0.25) is 0 Å². The first-order valence-corrected chi connectivity index (χ1v) is 4.19. The number of hydrogen-bond donors (Lipinski definition) is 5. The van der Waals surface area contributed by atoms with Crippen molar-refractivity contribution >= 4 is 20.8 Å². The van der Waals surface area contributed by atoms with E-state index in [1.54, 1.807) is 0 Å². The van der Waals surface area contributed by atoms with E-state index >= 15 is 0 Å². The van der Waals surface area contributed by atoms with Crippen LogP contribution in [-0.4, -0.2) is 35.0 Å². The molecule has 0 aliphatic carbocycles. The quantitative estimate of drug-likeness (QED) is 0.336. The SMILES string of the molecule is N.O=S(=O)(O)O.O=S(=O)(O)O.[Ce]. The van der Waals surface area contributed by atoms with E-state index in [1.165, 1.54) is 0 Å². The van der Waals surface area contributed by atoms with Gasteiger partial charge < -0.3 is 6.15 Å². The molecule has 0 heterocycles. The minimum Gasteiger partial charge on any atom is -0.344 e. The molecule has 0 bridgehead atoms. The largest absolute Gasteiger partial charge is 0.394 e. The van der Waals surface area contributed by atoms with E-state index < -0.39 is 20.8 Å². The molecule has 7 N–H and O–H groups in total. The van der Waals surface area contributed by atoms with E-state index in [9.17, 15) is 0 Å². The summed E-state index contributed by atoms with van der Waals surface area (Å²) >= 11 is 0. The van der Waals surface area contributed by atoms with Crippen molar-refractivity contribution in [2.75, 3.05) is 0 Å². The normalized spacial score (nSPS) is 9.67. The summed E-state index contributed by atoms with van der Waals surface area (Å²) in [5, 5.41) is 0. The maximum absolute atomic E-state index is 8.74. The second-order valence-corrected chi connectivity index (χ2v) is 2.69. The molecule has 0 unspecified atom stereocenters. The van der Waals surface area contributed by atoms with Gasteiger partial charge in [0.2, 0.25) is 0 Å². The minimum absolute atomic E-state index is 0. The Morgan fingerprint density at radius 1 is 0.667 bits per heavy atom. The third-order valence-corrected chi connectivity index (χ3v) is 0. The maximum atomic E-state index is 8.74. The molecule has 0 aliphatic heterocycles. The van der Waals surface area contributed by atoms with Gasteiger partial charge in [-0.25, -0.2) is 0 Å². The Balaban J connectivity index is -0.0000000457. The summed E-state index contributed by atoms with van der Waals surface area (Å²) in [4.78, 5) is 0. The molecule has 0 radical (unpaired) electrons. The second kappa shape index (κ2) is 8.67. The fourth-order valence-corrected chi connectivity index (χ4v) is 0. The van der Waals surface area contributed by atoms with E-state index in [0.717, 1.165) is 0 Å². The van der Waals surface area contributed by atoms with Crippen LogP contribution in [0.5, 0.6) is 0 Å². The average molecular weight is 353 g/mol. The summed E-state index contributed by atoms with van der Waals surface area (Å²) in [6.07, 6.45) is 0. The molecule has 0 aromatic heterocycles. The Kier molecular flexibility index (Phi) is 16.7. The molecule has 76 valence electrons. The number of rotatable bonds is 0. The van der Waals surface area contributed by atoms with Gasteiger partial charge in [0.1, 0.15) is 0 Å². The van der Waals surface area contributed by atoms with Crippen molar-refractivity contribution in [1.29, 1.82) is 0 Å². The van der Waals surface area contributed by atoms with Crippen molar-refractivity contribution in [3.05, 3.63) is 0 Å². The standard InChI is InChI=1S/Ce.H3N.2H2O4S/c;;2*1-5(2,3)4/h;1H3;2*(H2,1,2,3,4). The van der Waals surface area contributed by atoms with Gasteiger partial charge in [0.05, 0.1) is 0 Å². The zero-order chi connectivity index (χ0) is 9.00. The van der Waals surface area contributed by atoms with Crippen LogP contribution in [0.25, 0.3) is 0 Å². The molecule has 0 saturated heterocycles. The van der Waals surface area contributed by atoms with Crippen LogP contribution in [0.15, 0.2) is 0 Å². The van der Waals surface area contributed by atoms with Crippen LogP contribution in [0.3, 0.4) is 0 Å². The van der Waals surface area contributed by atoms with Crippen molar-refractivity contribution < 1.29 is 76.8 Å². The molecule has 12 heavy (non-hydrogen) atoms. The van der Waals surface area contributed by atoms with Gasteiger partial charge in [-0.1, -0.05) is 0 Å². The summed E-state index contributed by atoms with van der Waals surface area (Å²) in [6, 6.07) is 0. The Bertz CT molecular complexity index is 213. The summed E-state index contributed by atoms with van der Waals surface area (Å²) < 4.78 is 63.2. The molecule has 0 aliphatic rings. The van der Waals surface area contributed by atoms with Gasteiger partial charge in [0.25, 0.3) is 0 Å². The molecule has 0 amide bonds. The van der Waals surface area contributed by atoms with Crippen molar-refractivity contribution in [1.82, 2.24) is 6.15 Å². The Morgan fingerprint density at radius 3 is 0.667 bits per heavy atom. The van der Waals surface area contributed by atoms with E-state index in [-0.39, 0.29) is 47.9 Å². The molecule has 0 aromatic carbocycles. The van der Waals surface area contributed by atoms with Gasteiger partial charge in [-0.15, -0.1) is 0 Å². The molecule has 0 spiro atoms. The molecular formula is H7CeNO8S2. The van der Waals surface area contributed by atoms with Crippen LogP contribution in [0, 0.1) is 41.7 Å². The average Bonchev–Trinajstić information content (AvgIpc) is 1.12. The second-order valence-electron chi connectivity index (χ2n) is 0.896. The van der Waals surface area contributed by atoms with Crippen LogP contribution in [0.1, 0.15) is 0 Å². The van der Waals surface area contributed by atoms with E-state index in [2.05, 4.69) is 0 Å². The predicted molar refractivity (Wildman–Crippen MR) is 33.4 cm³/mol. The third kappa shape index (κ3) is 970. The smallest absolute Gasteiger partial charge is 0.344 e. The van der Waals surface area contributed by atoms with E-state index in [0.29, 0.717) is 0 Å². The Morgan fingerprint density at radius 2 is 0.667 bits per heavy atom. The van der Waals surface area contributed by atoms with Gasteiger partial charge in [0.15, 0.2) is 0 Å². The molecule has 0 aromatic rings. The summed E-state index contributed by atoms with van der Waals surface area (Å²) in [5.41, 5.74) is 0. The zero-order valence-electron chi connectivity index (χ0n) is 5.45. The van der Waals surface area contributed by atoms with Crippen molar-refractivity contribution in [2.24, 2.45) is 0 Å². The number of hydrogen-bond acceptors (Lipinski definition) is 5. The van der Waals surface area contributed by atoms with Gasteiger partial charge in [-0.3, -0.25) is 18.2 Å². The first-order valence-electron chi connectivity index (χ1n) is 1.40. The van der Waals surface area contributed by atoms with Crippen molar-refractivity contribution in [3.8, 4) is 0 Å². The monoisotopic (exact) mass is 353 g/mol. The van der Waals surface area contributed by atoms with Gasteiger partial charge in [0, 0.05) is 41.7 Å². The van der Waals surface area contributed by atoms with Gasteiger partial charge >= 0.3 is 20.8 Å². The first kappa shape index (κ1) is 23.1. The van der Waals surface area contributed by atoms with Crippen LogP contribution in [0.4, 0.5) is 0 Å². The Hall–Kier alpha value is 1.08. The molecule has 0 saturated carbocycles. The molecule has 0 rings (SSSR count). The molecule has 0 fully saturated rings. The topological polar surface area (TPSA) is 184 Å². The first-order chi connectivity index (χ1) is 4.00. The van der Waals surface area contributed by atoms with Crippen molar-refractivity contribution in [3.63, 3.8) is 0 Å². The maximum Gasteiger partial charge on any atom is 0.394 e. The molecule has 9 nitrogen and oxygen atoms in total. The minimum atomic E-state index is -4.67.